The summed E-state index contributed by atoms with van der Waals surface area (Å²) in [5.74, 6) is 0.0660. The van der Waals surface area contributed by atoms with E-state index < -0.39 is 0 Å². The van der Waals surface area contributed by atoms with E-state index in [-0.39, 0.29) is 11.3 Å². The number of rotatable bonds is 5. The Labute approximate surface area is 97.4 Å². The Kier molecular flexibility index (Phi) is 4.29. The number of carbonyl (C=O) groups is 1. The summed E-state index contributed by atoms with van der Waals surface area (Å²) in [5, 5.41) is 2.94. The van der Waals surface area contributed by atoms with Crippen molar-refractivity contribution in [2.45, 2.75) is 26.8 Å². The first-order valence-electron chi connectivity index (χ1n) is 5.49. The van der Waals surface area contributed by atoms with E-state index in [0.29, 0.717) is 13.0 Å². The Hall–Kier alpha value is -1.57. The van der Waals surface area contributed by atoms with Gasteiger partial charge in [0.2, 0.25) is 5.91 Å². The molecule has 1 rings (SSSR count). The van der Waals surface area contributed by atoms with Crippen LogP contribution in [0.2, 0.25) is 0 Å². The Balaban J connectivity index is 2.50. The van der Waals surface area contributed by atoms with Crippen LogP contribution in [-0.4, -0.2) is 5.91 Å². The molecule has 86 valence electrons. The van der Waals surface area contributed by atoms with Crippen molar-refractivity contribution in [1.82, 2.24) is 5.32 Å². The SMILES string of the molecule is C=CCC(C)(C)C(=O)NCc1ccccc1. The van der Waals surface area contributed by atoms with Crippen LogP contribution in [0.3, 0.4) is 0 Å². The van der Waals surface area contributed by atoms with E-state index in [4.69, 9.17) is 0 Å². The molecule has 0 spiro atoms. The Morgan fingerprint density at radius 1 is 1.38 bits per heavy atom. The molecule has 0 bridgehead atoms. The van der Waals surface area contributed by atoms with Crippen LogP contribution in [0.5, 0.6) is 0 Å². The minimum Gasteiger partial charge on any atom is -0.352 e. The van der Waals surface area contributed by atoms with Gasteiger partial charge in [0.05, 0.1) is 0 Å². The zero-order chi connectivity index (χ0) is 12.0. The summed E-state index contributed by atoms with van der Waals surface area (Å²) < 4.78 is 0. The van der Waals surface area contributed by atoms with Gasteiger partial charge in [-0.1, -0.05) is 50.3 Å². The smallest absolute Gasteiger partial charge is 0.226 e. The molecule has 0 unspecified atom stereocenters. The lowest BCUT2D eigenvalue weighted by atomic mass is 9.88. The molecule has 0 radical (unpaired) electrons. The highest BCUT2D eigenvalue weighted by Gasteiger charge is 2.25. The largest absolute Gasteiger partial charge is 0.352 e. The van der Waals surface area contributed by atoms with Crippen LogP contribution in [0.15, 0.2) is 43.0 Å². The minimum atomic E-state index is -0.378. The van der Waals surface area contributed by atoms with Crippen molar-refractivity contribution < 1.29 is 4.79 Å². The van der Waals surface area contributed by atoms with Crippen molar-refractivity contribution in [3.8, 4) is 0 Å². The molecule has 0 aromatic heterocycles. The van der Waals surface area contributed by atoms with Crippen LogP contribution in [0, 0.1) is 5.41 Å². The summed E-state index contributed by atoms with van der Waals surface area (Å²) in [7, 11) is 0. The molecule has 1 aromatic rings. The number of carbonyl (C=O) groups excluding carboxylic acids is 1. The standard InChI is InChI=1S/C14H19NO/c1-4-10-14(2,3)13(16)15-11-12-8-6-5-7-9-12/h4-9H,1,10-11H2,2-3H3,(H,15,16). The number of hydrogen-bond donors (Lipinski definition) is 1. The monoisotopic (exact) mass is 217 g/mol. The Bertz CT molecular complexity index is 354. The highest BCUT2D eigenvalue weighted by atomic mass is 16.2. The van der Waals surface area contributed by atoms with Crippen molar-refractivity contribution >= 4 is 5.91 Å². The molecule has 0 aliphatic heterocycles. The van der Waals surface area contributed by atoms with E-state index in [1.54, 1.807) is 6.08 Å². The number of allylic oxidation sites excluding steroid dienone is 1. The average Bonchev–Trinajstić information content (AvgIpc) is 2.27. The van der Waals surface area contributed by atoms with E-state index in [0.717, 1.165) is 5.56 Å². The molecule has 2 heteroatoms. The predicted molar refractivity (Wildman–Crippen MR) is 66.9 cm³/mol. The van der Waals surface area contributed by atoms with Gasteiger partial charge >= 0.3 is 0 Å². The third-order valence-corrected chi connectivity index (χ3v) is 2.57. The van der Waals surface area contributed by atoms with Crippen LogP contribution in [-0.2, 0) is 11.3 Å². The molecule has 0 aliphatic carbocycles. The lowest BCUT2D eigenvalue weighted by Crippen LogP contribution is -2.36. The molecule has 0 fully saturated rings. The lowest BCUT2D eigenvalue weighted by Gasteiger charge is -2.21. The van der Waals surface area contributed by atoms with Gasteiger partial charge in [-0.05, 0) is 12.0 Å². The molecule has 1 amide bonds. The quantitative estimate of drug-likeness (QED) is 0.755. The first kappa shape index (κ1) is 12.5. The fraction of sp³-hybridized carbons (Fsp3) is 0.357. The Morgan fingerprint density at radius 2 is 2.00 bits per heavy atom. The van der Waals surface area contributed by atoms with Crippen LogP contribution in [0.1, 0.15) is 25.8 Å². The highest BCUT2D eigenvalue weighted by Crippen LogP contribution is 2.20. The summed E-state index contributed by atoms with van der Waals surface area (Å²) in [6.07, 6.45) is 2.47. The van der Waals surface area contributed by atoms with Crippen LogP contribution >= 0.6 is 0 Å². The molecule has 0 saturated heterocycles. The molecule has 0 atom stereocenters. The summed E-state index contributed by atoms with van der Waals surface area (Å²) in [6, 6.07) is 9.90. The summed E-state index contributed by atoms with van der Waals surface area (Å²) >= 11 is 0. The molecule has 0 heterocycles. The maximum Gasteiger partial charge on any atom is 0.226 e. The first-order valence-corrected chi connectivity index (χ1v) is 5.49. The predicted octanol–water partition coefficient (Wildman–Crippen LogP) is 2.91. The van der Waals surface area contributed by atoms with Crippen molar-refractivity contribution in [1.29, 1.82) is 0 Å². The molecular weight excluding hydrogens is 198 g/mol. The van der Waals surface area contributed by atoms with Gasteiger partial charge < -0.3 is 5.32 Å². The number of hydrogen-bond acceptors (Lipinski definition) is 1. The molecule has 16 heavy (non-hydrogen) atoms. The highest BCUT2D eigenvalue weighted by molar-refractivity contribution is 5.81. The second-order valence-corrected chi connectivity index (χ2v) is 4.54. The van der Waals surface area contributed by atoms with Gasteiger partial charge in [-0.25, -0.2) is 0 Å². The normalized spacial score (nSPS) is 10.9. The van der Waals surface area contributed by atoms with Gasteiger partial charge in [-0.2, -0.15) is 0 Å². The van der Waals surface area contributed by atoms with E-state index in [1.807, 2.05) is 44.2 Å². The Morgan fingerprint density at radius 3 is 2.56 bits per heavy atom. The second-order valence-electron chi connectivity index (χ2n) is 4.54. The number of nitrogens with one attached hydrogen (secondary N) is 1. The van der Waals surface area contributed by atoms with Crippen molar-refractivity contribution in [2.24, 2.45) is 5.41 Å². The summed E-state index contributed by atoms with van der Waals surface area (Å²) in [6.45, 7) is 8.10. The molecular formula is C14H19NO. The molecule has 1 aromatic carbocycles. The first-order chi connectivity index (χ1) is 7.56. The van der Waals surface area contributed by atoms with Crippen molar-refractivity contribution in [3.05, 3.63) is 48.6 Å². The van der Waals surface area contributed by atoms with E-state index >= 15 is 0 Å². The van der Waals surface area contributed by atoms with Gasteiger partial charge in [0.1, 0.15) is 0 Å². The second kappa shape index (κ2) is 5.50. The maximum atomic E-state index is 11.9. The van der Waals surface area contributed by atoms with E-state index in [1.165, 1.54) is 0 Å². The molecule has 1 N–H and O–H groups in total. The van der Waals surface area contributed by atoms with Crippen LogP contribution < -0.4 is 5.32 Å². The topological polar surface area (TPSA) is 29.1 Å². The third-order valence-electron chi connectivity index (χ3n) is 2.57. The third kappa shape index (κ3) is 3.54. The van der Waals surface area contributed by atoms with Crippen LogP contribution in [0.25, 0.3) is 0 Å². The van der Waals surface area contributed by atoms with Gasteiger partial charge in [-0.3, -0.25) is 4.79 Å². The van der Waals surface area contributed by atoms with E-state index in [2.05, 4.69) is 11.9 Å². The average molecular weight is 217 g/mol. The minimum absolute atomic E-state index is 0.0660. The number of amides is 1. The lowest BCUT2D eigenvalue weighted by molar-refractivity contribution is -0.129. The molecule has 0 saturated carbocycles. The van der Waals surface area contributed by atoms with Crippen LogP contribution in [0.4, 0.5) is 0 Å². The van der Waals surface area contributed by atoms with Gasteiger partial charge in [0.25, 0.3) is 0 Å². The zero-order valence-electron chi connectivity index (χ0n) is 9.99. The van der Waals surface area contributed by atoms with Crippen molar-refractivity contribution in [2.75, 3.05) is 0 Å². The number of benzene rings is 1. The van der Waals surface area contributed by atoms with Gasteiger partial charge in [0.15, 0.2) is 0 Å². The molecule has 0 aliphatic rings. The van der Waals surface area contributed by atoms with Gasteiger partial charge in [-0.15, -0.1) is 6.58 Å². The van der Waals surface area contributed by atoms with Crippen molar-refractivity contribution in [3.63, 3.8) is 0 Å². The fourth-order valence-electron chi connectivity index (χ4n) is 1.47. The summed E-state index contributed by atoms with van der Waals surface area (Å²) in [4.78, 5) is 11.9. The maximum absolute atomic E-state index is 11.9. The van der Waals surface area contributed by atoms with E-state index in [9.17, 15) is 4.79 Å². The fourth-order valence-corrected chi connectivity index (χ4v) is 1.47. The summed E-state index contributed by atoms with van der Waals surface area (Å²) in [5.41, 5.74) is 0.738. The molecule has 2 nitrogen and oxygen atoms in total. The zero-order valence-corrected chi connectivity index (χ0v) is 9.99. The van der Waals surface area contributed by atoms with Gasteiger partial charge in [0, 0.05) is 12.0 Å².